The highest BCUT2D eigenvalue weighted by molar-refractivity contribution is 5.76. The maximum Gasteiger partial charge on any atom is 0.306 e. The Morgan fingerprint density at radius 3 is 2.50 bits per heavy atom. The summed E-state index contributed by atoms with van der Waals surface area (Å²) in [5.41, 5.74) is 0. The molecule has 18 heavy (non-hydrogen) atoms. The zero-order valence-electron chi connectivity index (χ0n) is 10.8. The van der Waals surface area contributed by atoms with Gasteiger partial charge in [-0.25, -0.2) is 0 Å². The minimum Gasteiger partial charge on any atom is -0.481 e. The van der Waals surface area contributed by atoms with E-state index in [2.05, 4.69) is 0 Å². The number of carbonyl (C=O) groups excluding carboxylic acids is 1. The summed E-state index contributed by atoms with van der Waals surface area (Å²) in [6.07, 6.45) is 8.28. The number of esters is 1. The molecule has 0 heterocycles. The molecule has 3 atom stereocenters. The Morgan fingerprint density at radius 2 is 1.72 bits per heavy atom. The molecular weight excluding hydrogens is 232 g/mol. The van der Waals surface area contributed by atoms with Crippen LogP contribution < -0.4 is 0 Å². The number of fused-ring (bicyclic) bond motifs is 1. The number of aliphatic carboxylic acids is 1. The Kier molecular flexibility index (Phi) is 4.61. The zero-order chi connectivity index (χ0) is 13.0. The van der Waals surface area contributed by atoms with Crippen LogP contribution in [0.2, 0.25) is 0 Å². The first-order valence-corrected chi connectivity index (χ1v) is 7.08. The third-order valence-electron chi connectivity index (χ3n) is 4.33. The fraction of sp³-hybridized carbons (Fsp3) is 0.857. The second kappa shape index (κ2) is 6.21. The van der Waals surface area contributed by atoms with Crippen LogP contribution in [-0.2, 0) is 14.3 Å². The van der Waals surface area contributed by atoms with Gasteiger partial charge in [0.1, 0.15) is 6.10 Å². The van der Waals surface area contributed by atoms with Crippen molar-refractivity contribution in [1.82, 2.24) is 0 Å². The van der Waals surface area contributed by atoms with Crippen molar-refractivity contribution in [2.45, 2.75) is 63.9 Å². The SMILES string of the molecule is O=C(O)CCC(=O)OC1CCCC2CCCCC21. The van der Waals surface area contributed by atoms with Gasteiger partial charge < -0.3 is 9.84 Å². The first kappa shape index (κ1) is 13.4. The Morgan fingerprint density at radius 1 is 1.00 bits per heavy atom. The van der Waals surface area contributed by atoms with Crippen molar-refractivity contribution in [2.75, 3.05) is 0 Å². The summed E-state index contributed by atoms with van der Waals surface area (Å²) in [7, 11) is 0. The molecule has 2 fully saturated rings. The average molecular weight is 254 g/mol. The number of hydrogen-bond donors (Lipinski definition) is 1. The molecule has 4 heteroatoms. The van der Waals surface area contributed by atoms with Gasteiger partial charge in [0, 0.05) is 0 Å². The second-order valence-corrected chi connectivity index (χ2v) is 5.56. The van der Waals surface area contributed by atoms with Gasteiger partial charge in [-0.05, 0) is 37.5 Å². The molecule has 102 valence electrons. The van der Waals surface area contributed by atoms with Crippen LogP contribution in [0.4, 0.5) is 0 Å². The largest absolute Gasteiger partial charge is 0.481 e. The van der Waals surface area contributed by atoms with Crippen molar-refractivity contribution in [1.29, 1.82) is 0 Å². The summed E-state index contributed by atoms with van der Waals surface area (Å²) in [5.74, 6) is -0.0224. The van der Waals surface area contributed by atoms with Gasteiger partial charge >= 0.3 is 11.9 Å². The maximum atomic E-state index is 11.6. The van der Waals surface area contributed by atoms with Crippen molar-refractivity contribution < 1.29 is 19.4 Å². The normalized spacial score (nSPS) is 31.4. The average Bonchev–Trinajstić information content (AvgIpc) is 2.37. The Balaban J connectivity index is 1.83. The summed E-state index contributed by atoms with van der Waals surface area (Å²) in [4.78, 5) is 22.0. The van der Waals surface area contributed by atoms with Crippen LogP contribution in [0, 0.1) is 11.8 Å². The fourth-order valence-corrected chi connectivity index (χ4v) is 3.46. The lowest BCUT2D eigenvalue weighted by Gasteiger charge is -2.40. The van der Waals surface area contributed by atoms with E-state index < -0.39 is 5.97 Å². The lowest BCUT2D eigenvalue weighted by molar-refractivity contribution is -0.158. The monoisotopic (exact) mass is 254 g/mol. The number of ether oxygens (including phenoxy) is 1. The van der Waals surface area contributed by atoms with E-state index in [0.29, 0.717) is 5.92 Å². The predicted octanol–water partition coefficient (Wildman–Crippen LogP) is 2.75. The van der Waals surface area contributed by atoms with Crippen molar-refractivity contribution >= 4 is 11.9 Å². The molecule has 0 spiro atoms. The highest BCUT2D eigenvalue weighted by Gasteiger charge is 2.36. The smallest absolute Gasteiger partial charge is 0.306 e. The summed E-state index contributed by atoms with van der Waals surface area (Å²) >= 11 is 0. The van der Waals surface area contributed by atoms with Crippen LogP contribution in [0.1, 0.15) is 57.8 Å². The molecule has 0 aromatic carbocycles. The maximum absolute atomic E-state index is 11.6. The van der Waals surface area contributed by atoms with E-state index in [1.54, 1.807) is 0 Å². The zero-order valence-corrected chi connectivity index (χ0v) is 10.8. The topological polar surface area (TPSA) is 63.6 Å². The predicted molar refractivity (Wildman–Crippen MR) is 66.0 cm³/mol. The molecule has 0 aromatic heterocycles. The molecule has 2 aliphatic carbocycles. The van der Waals surface area contributed by atoms with Gasteiger partial charge in [-0.3, -0.25) is 9.59 Å². The van der Waals surface area contributed by atoms with Crippen LogP contribution >= 0.6 is 0 Å². The van der Waals surface area contributed by atoms with Crippen molar-refractivity contribution in [2.24, 2.45) is 11.8 Å². The fourth-order valence-electron chi connectivity index (χ4n) is 3.46. The molecule has 0 aliphatic heterocycles. The summed E-state index contributed by atoms with van der Waals surface area (Å²) in [6.45, 7) is 0. The van der Waals surface area contributed by atoms with Crippen LogP contribution in [0.25, 0.3) is 0 Å². The third kappa shape index (κ3) is 3.47. The summed E-state index contributed by atoms with van der Waals surface area (Å²) in [6, 6.07) is 0. The lowest BCUT2D eigenvalue weighted by Crippen LogP contribution is -2.37. The minimum absolute atomic E-state index is 0.00319. The number of carbonyl (C=O) groups is 2. The highest BCUT2D eigenvalue weighted by atomic mass is 16.5. The van der Waals surface area contributed by atoms with Crippen molar-refractivity contribution in [3.05, 3.63) is 0 Å². The van der Waals surface area contributed by atoms with Crippen LogP contribution in [-0.4, -0.2) is 23.1 Å². The molecule has 2 rings (SSSR count). The molecule has 4 nitrogen and oxygen atoms in total. The van der Waals surface area contributed by atoms with Crippen LogP contribution in [0.3, 0.4) is 0 Å². The number of hydrogen-bond acceptors (Lipinski definition) is 3. The van der Waals surface area contributed by atoms with Crippen molar-refractivity contribution in [3.63, 3.8) is 0 Å². The Labute approximate surface area is 108 Å². The van der Waals surface area contributed by atoms with Crippen LogP contribution in [0.15, 0.2) is 0 Å². The van der Waals surface area contributed by atoms with Crippen molar-refractivity contribution in [3.8, 4) is 0 Å². The molecule has 3 unspecified atom stereocenters. The minimum atomic E-state index is -0.939. The third-order valence-corrected chi connectivity index (χ3v) is 4.33. The van der Waals surface area contributed by atoms with E-state index in [4.69, 9.17) is 9.84 Å². The summed E-state index contributed by atoms with van der Waals surface area (Å²) in [5, 5.41) is 8.55. The van der Waals surface area contributed by atoms with E-state index in [9.17, 15) is 9.59 Å². The van der Waals surface area contributed by atoms with Gasteiger partial charge in [0.25, 0.3) is 0 Å². The van der Waals surface area contributed by atoms with Gasteiger partial charge in [-0.2, -0.15) is 0 Å². The standard InChI is InChI=1S/C14H22O4/c15-13(16)8-9-14(17)18-12-7-3-5-10-4-1-2-6-11(10)12/h10-12H,1-9H2,(H,15,16). The molecule has 0 radical (unpaired) electrons. The Hall–Kier alpha value is -1.06. The Bertz CT molecular complexity index is 311. The van der Waals surface area contributed by atoms with Gasteiger partial charge in [-0.15, -0.1) is 0 Å². The first-order chi connectivity index (χ1) is 8.66. The molecule has 2 saturated carbocycles. The van der Waals surface area contributed by atoms with E-state index in [1.165, 1.54) is 32.1 Å². The highest BCUT2D eigenvalue weighted by Crippen LogP contribution is 2.41. The summed E-state index contributed by atoms with van der Waals surface area (Å²) < 4.78 is 5.51. The van der Waals surface area contributed by atoms with E-state index >= 15 is 0 Å². The second-order valence-electron chi connectivity index (χ2n) is 5.56. The van der Waals surface area contributed by atoms with Gasteiger partial charge in [0.15, 0.2) is 0 Å². The van der Waals surface area contributed by atoms with E-state index in [0.717, 1.165) is 18.8 Å². The molecular formula is C14H22O4. The van der Waals surface area contributed by atoms with Gasteiger partial charge in [-0.1, -0.05) is 19.3 Å². The number of rotatable bonds is 4. The van der Waals surface area contributed by atoms with Crippen LogP contribution in [0.5, 0.6) is 0 Å². The molecule has 2 aliphatic rings. The first-order valence-electron chi connectivity index (χ1n) is 7.08. The van der Waals surface area contributed by atoms with E-state index in [-0.39, 0.29) is 24.9 Å². The number of carboxylic acid groups (broad SMARTS) is 1. The lowest BCUT2D eigenvalue weighted by atomic mass is 9.69. The van der Waals surface area contributed by atoms with Gasteiger partial charge in [0.2, 0.25) is 0 Å². The van der Waals surface area contributed by atoms with Gasteiger partial charge in [0.05, 0.1) is 12.8 Å². The molecule has 0 aromatic rings. The molecule has 0 amide bonds. The molecule has 0 saturated heterocycles. The number of carboxylic acids is 1. The van der Waals surface area contributed by atoms with E-state index in [1.807, 2.05) is 0 Å². The molecule has 0 bridgehead atoms. The quantitative estimate of drug-likeness (QED) is 0.783. The molecule has 1 N–H and O–H groups in total.